The Labute approximate surface area is 95.6 Å². The zero-order valence-corrected chi connectivity index (χ0v) is 9.66. The van der Waals surface area contributed by atoms with Gasteiger partial charge in [0.15, 0.2) is 0 Å². The third-order valence-electron chi connectivity index (χ3n) is 3.26. The van der Waals surface area contributed by atoms with Gasteiger partial charge in [-0.25, -0.2) is 4.39 Å². The predicted octanol–water partition coefficient (Wildman–Crippen LogP) is 0.207. The SMILES string of the molecule is CN1CCC(OC2C(F)=CNCC2N)CC1. The maximum Gasteiger partial charge on any atom is 0.146 e. The van der Waals surface area contributed by atoms with E-state index in [4.69, 9.17) is 10.5 Å². The minimum absolute atomic E-state index is 0.143. The third-order valence-corrected chi connectivity index (χ3v) is 3.26. The number of hydrogen-bond acceptors (Lipinski definition) is 4. The Hall–Kier alpha value is -0.650. The topological polar surface area (TPSA) is 50.5 Å². The van der Waals surface area contributed by atoms with Gasteiger partial charge in [0.05, 0.1) is 12.1 Å². The van der Waals surface area contributed by atoms with Gasteiger partial charge in [-0.2, -0.15) is 0 Å². The summed E-state index contributed by atoms with van der Waals surface area (Å²) in [7, 11) is 2.09. The molecule has 2 heterocycles. The lowest BCUT2D eigenvalue weighted by atomic mass is 10.1. The van der Waals surface area contributed by atoms with E-state index < -0.39 is 6.10 Å². The van der Waals surface area contributed by atoms with Crippen molar-refractivity contribution in [3.8, 4) is 0 Å². The number of likely N-dealkylation sites (tertiary alicyclic amines) is 1. The largest absolute Gasteiger partial charge is 0.387 e. The van der Waals surface area contributed by atoms with Gasteiger partial charge in [-0.1, -0.05) is 0 Å². The van der Waals surface area contributed by atoms with Crippen molar-refractivity contribution < 1.29 is 9.13 Å². The van der Waals surface area contributed by atoms with Gasteiger partial charge in [0, 0.05) is 25.8 Å². The Kier molecular flexibility index (Phi) is 3.78. The highest BCUT2D eigenvalue weighted by Crippen LogP contribution is 2.21. The molecule has 2 unspecified atom stereocenters. The van der Waals surface area contributed by atoms with Gasteiger partial charge in [-0.15, -0.1) is 0 Å². The second kappa shape index (κ2) is 5.12. The molecule has 0 amide bonds. The number of halogens is 1. The first-order valence-corrected chi connectivity index (χ1v) is 5.85. The Morgan fingerprint density at radius 3 is 2.81 bits per heavy atom. The van der Waals surface area contributed by atoms with Crippen LogP contribution in [0.5, 0.6) is 0 Å². The zero-order valence-electron chi connectivity index (χ0n) is 9.66. The molecule has 2 aliphatic heterocycles. The van der Waals surface area contributed by atoms with Gasteiger partial charge in [-0.3, -0.25) is 0 Å². The fourth-order valence-electron chi connectivity index (χ4n) is 2.18. The molecule has 2 atom stereocenters. The first kappa shape index (κ1) is 11.8. The van der Waals surface area contributed by atoms with E-state index in [0.717, 1.165) is 25.9 Å². The fourth-order valence-corrected chi connectivity index (χ4v) is 2.18. The van der Waals surface area contributed by atoms with Crippen LogP contribution < -0.4 is 11.1 Å². The summed E-state index contributed by atoms with van der Waals surface area (Å²) in [6.45, 7) is 2.59. The van der Waals surface area contributed by atoms with Gasteiger partial charge in [0.2, 0.25) is 0 Å². The van der Waals surface area contributed by atoms with Crippen LogP contribution in [0, 0.1) is 0 Å². The van der Waals surface area contributed by atoms with Crippen molar-refractivity contribution in [1.82, 2.24) is 10.2 Å². The van der Waals surface area contributed by atoms with Gasteiger partial charge >= 0.3 is 0 Å². The lowest BCUT2D eigenvalue weighted by Crippen LogP contribution is -2.49. The summed E-state index contributed by atoms with van der Waals surface area (Å²) in [5.41, 5.74) is 5.84. The highest BCUT2D eigenvalue weighted by Gasteiger charge is 2.30. The average Bonchev–Trinajstić information content (AvgIpc) is 2.26. The lowest BCUT2D eigenvalue weighted by Gasteiger charge is -2.34. The summed E-state index contributed by atoms with van der Waals surface area (Å²) in [4.78, 5) is 2.26. The molecule has 5 heteroatoms. The Balaban J connectivity index is 1.88. The first-order valence-electron chi connectivity index (χ1n) is 5.85. The standard InChI is InChI=1S/C11H20FN3O/c1-15-4-2-8(3-5-15)16-11-9(12)6-14-7-10(11)13/h6,8,10-11,14H,2-5,7,13H2,1H3. The fraction of sp³-hybridized carbons (Fsp3) is 0.818. The molecule has 3 N–H and O–H groups in total. The van der Waals surface area contributed by atoms with E-state index >= 15 is 0 Å². The van der Waals surface area contributed by atoms with Gasteiger partial charge in [0.25, 0.3) is 0 Å². The molecule has 2 aliphatic rings. The minimum atomic E-state index is -0.561. The molecule has 1 fully saturated rings. The summed E-state index contributed by atoms with van der Waals surface area (Å²) >= 11 is 0. The second-order valence-corrected chi connectivity index (χ2v) is 4.66. The lowest BCUT2D eigenvalue weighted by molar-refractivity contribution is -0.0438. The summed E-state index contributed by atoms with van der Waals surface area (Å²) in [6, 6.07) is -0.287. The Morgan fingerprint density at radius 2 is 2.19 bits per heavy atom. The van der Waals surface area contributed by atoms with E-state index in [1.807, 2.05) is 0 Å². The maximum absolute atomic E-state index is 13.5. The quantitative estimate of drug-likeness (QED) is 0.710. The van der Waals surface area contributed by atoms with Crippen molar-refractivity contribution in [2.24, 2.45) is 5.73 Å². The van der Waals surface area contributed by atoms with Crippen LogP contribution in [0.4, 0.5) is 4.39 Å². The maximum atomic E-state index is 13.5. The molecule has 0 spiro atoms. The normalized spacial score (nSPS) is 33.3. The monoisotopic (exact) mass is 229 g/mol. The molecular weight excluding hydrogens is 209 g/mol. The van der Waals surface area contributed by atoms with Crippen molar-refractivity contribution in [3.63, 3.8) is 0 Å². The van der Waals surface area contributed by atoms with E-state index in [0.29, 0.717) is 6.54 Å². The molecular formula is C11H20FN3O. The van der Waals surface area contributed by atoms with Crippen LogP contribution in [-0.4, -0.2) is 49.8 Å². The predicted molar refractivity (Wildman–Crippen MR) is 60.6 cm³/mol. The molecule has 92 valence electrons. The third kappa shape index (κ3) is 2.72. The van der Waals surface area contributed by atoms with E-state index in [1.54, 1.807) is 0 Å². The number of rotatable bonds is 2. The molecule has 0 saturated carbocycles. The molecule has 0 aromatic heterocycles. The van der Waals surface area contributed by atoms with Crippen LogP contribution in [0.1, 0.15) is 12.8 Å². The smallest absolute Gasteiger partial charge is 0.146 e. The van der Waals surface area contributed by atoms with Crippen LogP contribution in [0.25, 0.3) is 0 Å². The Morgan fingerprint density at radius 1 is 1.50 bits per heavy atom. The van der Waals surface area contributed by atoms with Crippen LogP contribution in [0.3, 0.4) is 0 Å². The zero-order chi connectivity index (χ0) is 11.5. The van der Waals surface area contributed by atoms with E-state index in [-0.39, 0.29) is 18.0 Å². The molecule has 0 aromatic rings. The van der Waals surface area contributed by atoms with Crippen LogP contribution in [0.15, 0.2) is 12.0 Å². The van der Waals surface area contributed by atoms with Crippen LogP contribution >= 0.6 is 0 Å². The highest BCUT2D eigenvalue weighted by atomic mass is 19.1. The van der Waals surface area contributed by atoms with Crippen molar-refractivity contribution in [2.45, 2.75) is 31.1 Å². The number of ether oxygens (including phenoxy) is 1. The second-order valence-electron chi connectivity index (χ2n) is 4.66. The summed E-state index contributed by atoms with van der Waals surface area (Å²) in [5.74, 6) is -0.280. The van der Waals surface area contributed by atoms with Crippen LogP contribution in [0.2, 0.25) is 0 Å². The van der Waals surface area contributed by atoms with Gasteiger partial charge in [0.1, 0.15) is 11.9 Å². The molecule has 0 bridgehead atoms. The van der Waals surface area contributed by atoms with Crippen molar-refractivity contribution in [1.29, 1.82) is 0 Å². The Bertz CT molecular complexity index is 264. The molecule has 2 rings (SSSR count). The van der Waals surface area contributed by atoms with Gasteiger partial charge in [-0.05, 0) is 19.9 Å². The molecule has 4 nitrogen and oxygen atoms in total. The average molecular weight is 229 g/mol. The van der Waals surface area contributed by atoms with Crippen molar-refractivity contribution in [3.05, 3.63) is 12.0 Å². The summed E-state index contributed by atoms with van der Waals surface area (Å²) in [6.07, 6.45) is 2.86. The molecule has 0 aliphatic carbocycles. The highest BCUT2D eigenvalue weighted by molar-refractivity contribution is 5.08. The summed E-state index contributed by atoms with van der Waals surface area (Å²) in [5, 5.41) is 2.81. The van der Waals surface area contributed by atoms with E-state index in [2.05, 4.69) is 17.3 Å². The van der Waals surface area contributed by atoms with Gasteiger partial charge < -0.3 is 20.7 Å². The van der Waals surface area contributed by atoms with Crippen LogP contribution in [-0.2, 0) is 4.74 Å². The summed E-state index contributed by atoms with van der Waals surface area (Å²) < 4.78 is 19.3. The molecule has 1 saturated heterocycles. The minimum Gasteiger partial charge on any atom is -0.387 e. The van der Waals surface area contributed by atoms with E-state index in [9.17, 15) is 4.39 Å². The molecule has 16 heavy (non-hydrogen) atoms. The number of hydrogen-bond donors (Lipinski definition) is 2. The molecule has 0 aromatic carbocycles. The number of piperidine rings is 1. The number of nitrogens with zero attached hydrogens (tertiary/aromatic N) is 1. The van der Waals surface area contributed by atoms with E-state index in [1.165, 1.54) is 6.20 Å². The molecule has 0 radical (unpaired) electrons. The number of nitrogens with two attached hydrogens (primary N) is 1. The number of nitrogens with one attached hydrogen (secondary N) is 1. The van der Waals surface area contributed by atoms with Crippen molar-refractivity contribution >= 4 is 0 Å². The van der Waals surface area contributed by atoms with Crippen molar-refractivity contribution in [2.75, 3.05) is 26.7 Å². The first-order chi connectivity index (χ1) is 7.66.